The average molecular weight is 482 g/mol. The van der Waals surface area contributed by atoms with E-state index in [0.717, 1.165) is 34.7 Å². The number of nitrogens with one attached hydrogen (secondary N) is 1. The van der Waals surface area contributed by atoms with Crippen molar-refractivity contribution in [1.82, 2.24) is 10.5 Å². The number of anilines is 1. The number of amides is 1. The topological polar surface area (TPSA) is 92.5 Å². The van der Waals surface area contributed by atoms with Crippen LogP contribution in [0.3, 0.4) is 0 Å². The fraction of sp³-hybridized carbons (Fsp3) is 0.385. The molecule has 1 amide bonds. The first-order valence-corrected chi connectivity index (χ1v) is 13.0. The number of fused-ring (bicyclic) bond motifs is 1. The van der Waals surface area contributed by atoms with E-state index in [2.05, 4.69) is 30.4 Å². The molecule has 2 aromatic carbocycles. The number of aryl methyl sites for hydroxylation is 3. The molecule has 1 aromatic heterocycles. The van der Waals surface area contributed by atoms with Gasteiger partial charge in [0.2, 0.25) is 5.91 Å². The van der Waals surface area contributed by atoms with Gasteiger partial charge in [-0.3, -0.25) is 9.10 Å². The average Bonchev–Trinajstić information content (AvgIpc) is 3.16. The van der Waals surface area contributed by atoms with Gasteiger partial charge in [0, 0.05) is 0 Å². The standard InChI is InChI=1S/C26H31N3O4S/c1-17(2)20-12-14-22(15-13-20)29(34(31,32)26-18(3)28-33-19(26)4)16-25(30)27-24-11-7-9-21-8-5-6-10-23(21)24/h5-6,8,10,12-15,17,24H,7,9,11,16H2,1-4H3,(H,27,30). The lowest BCUT2D eigenvalue weighted by atomic mass is 9.88. The summed E-state index contributed by atoms with van der Waals surface area (Å²) in [7, 11) is -4.09. The SMILES string of the molecule is Cc1noc(C)c1S(=O)(=O)N(CC(=O)NC1CCCc2ccccc21)c1ccc(C(C)C)cc1. The van der Waals surface area contributed by atoms with E-state index in [4.69, 9.17) is 4.52 Å². The van der Waals surface area contributed by atoms with Crippen molar-refractivity contribution in [3.8, 4) is 0 Å². The highest BCUT2D eigenvalue weighted by molar-refractivity contribution is 7.93. The Kier molecular flexibility index (Phi) is 6.79. The molecule has 34 heavy (non-hydrogen) atoms. The molecular formula is C26H31N3O4S. The van der Waals surface area contributed by atoms with Gasteiger partial charge in [-0.05, 0) is 67.9 Å². The van der Waals surface area contributed by atoms with Crippen LogP contribution in [-0.2, 0) is 21.2 Å². The van der Waals surface area contributed by atoms with Gasteiger partial charge in [-0.25, -0.2) is 8.42 Å². The molecule has 1 aliphatic carbocycles. The van der Waals surface area contributed by atoms with Gasteiger partial charge in [0.1, 0.15) is 12.2 Å². The van der Waals surface area contributed by atoms with Crippen molar-refractivity contribution in [2.45, 2.75) is 63.8 Å². The molecule has 1 atom stereocenters. The minimum absolute atomic E-state index is 0.00347. The van der Waals surface area contributed by atoms with Crippen LogP contribution in [0.4, 0.5) is 5.69 Å². The van der Waals surface area contributed by atoms with Crippen molar-refractivity contribution in [2.24, 2.45) is 0 Å². The normalized spacial score (nSPS) is 15.7. The monoisotopic (exact) mass is 481 g/mol. The van der Waals surface area contributed by atoms with Crippen LogP contribution >= 0.6 is 0 Å². The quantitative estimate of drug-likeness (QED) is 0.523. The highest BCUT2D eigenvalue weighted by Gasteiger charge is 2.33. The van der Waals surface area contributed by atoms with Gasteiger partial charge in [-0.1, -0.05) is 55.4 Å². The van der Waals surface area contributed by atoms with Crippen molar-refractivity contribution in [2.75, 3.05) is 10.8 Å². The van der Waals surface area contributed by atoms with Crippen LogP contribution in [0.2, 0.25) is 0 Å². The zero-order valence-electron chi connectivity index (χ0n) is 20.0. The zero-order chi connectivity index (χ0) is 24.5. The summed E-state index contributed by atoms with van der Waals surface area (Å²) in [5.74, 6) is 0.143. The summed E-state index contributed by atoms with van der Waals surface area (Å²) in [4.78, 5) is 13.2. The number of carbonyl (C=O) groups is 1. The summed E-state index contributed by atoms with van der Waals surface area (Å²) in [5.41, 5.74) is 4.10. The molecule has 0 saturated heterocycles. The number of benzene rings is 2. The summed E-state index contributed by atoms with van der Waals surface area (Å²) in [6.45, 7) is 6.95. The highest BCUT2D eigenvalue weighted by Crippen LogP contribution is 2.31. The molecule has 1 N–H and O–H groups in total. The molecule has 1 heterocycles. The Bertz CT molecular complexity index is 1260. The minimum Gasteiger partial charge on any atom is -0.360 e. The Morgan fingerprint density at radius 2 is 1.85 bits per heavy atom. The maximum atomic E-state index is 13.7. The number of rotatable bonds is 7. The van der Waals surface area contributed by atoms with Gasteiger partial charge in [0.25, 0.3) is 10.0 Å². The molecule has 0 radical (unpaired) electrons. The largest absolute Gasteiger partial charge is 0.360 e. The smallest absolute Gasteiger partial charge is 0.270 e. The summed E-state index contributed by atoms with van der Waals surface area (Å²) in [6, 6.07) is 15.2. The van der Waals surface area contributed by atoms with Crippen LogP contribution in [-0.4, -0.2) is 26.0 Å². The third-order valence-electron chi connectivity index (χ3n) is 6.36. The summed E-state index contributed by atoms with van der Waals surface area (Å²) < 4.78 is 33.7. The molecule has 180 valence electrons. The first kappa shape index (κ1) is 24.0. The number of aromatic nitrogens is 1. The Morgan fingerprint density at radius 3 is 2.50 bits per heavy atom. The van der Waals surface area contributed by atoms with Gasteiger partial charge in [0.15, 0.2) is 10.7 Å². The van der Waals surface area contributed by atoms with E-state index in [0.29, 0.717) is 11.6 Å². The first-order chi connectivity index (χ1) is 16.2. The summed E-state index contributed by atoms with van der Waals surface area (Å²) in [5, 5.41) is 6.88. The van der Waals surface area contributed by atoms with Crippen molar-refractivity contribution in [3.63, 3.8) is 0 Å². The molecule has 0 fully saturated rings. The van der Waals surface area contributed by atoms with Crippen molar-refractivity contribution < 1.29 is 17.7 Å². The Hall–Kier alpha value is -3.13. The lowest BCUT2D eigenvalue weighted by Gasteiger charge is -2.28. The van der Waals surface area contributed by atoms with Gasteiger partial charge in [-0.15, -0.1) is 0 Å². The number of nitrogens with zero attached hydrogens (tertiary/aromatic N) is 2. The number of hydrogen-bond donors (Lipinski definition) is 1. The van der Waals surface area contributed by atoms with Crippen LogP contribution in [0.1, 0.15) is 66.8 Å². The zero-order valence-corrected chi connectivity index (χ0v) is 20.9. The lowest BCUT2D eigenvalue weighted by Crippen LogP contribution is -2.42. The van der Waals surface area contributed by atoms with E-state index in [-0.39, 0.29) is 34.8 Å². The molecule has 1 aliphatic rings. The van der Waals surface area contributed by atoms with E-state index >= 15 is 0 Å². The van der Waals surface area contributed by atoms with Crippen LogP contribution in [0.15, 0.2) is 57.9 Å². The molecule has 0 aliphatic heterocycles. The first-order valence-electron chi connectivity index (χ1n) is 11.6. The molecule has 4 rings (SSSR count). The molecular weight excluding hydrogens is 450 g/mol. The molecule has 8 heteroatoms. The summed E-state index contributed by atoms with van der Waals surface area (Å²) >= 11 is 0. The van der Waals surface area contributed by atoms with E-state index in [1.165, 1.54) is 5.56 Å². The Morgan fingerprint density at radius 1 is 1.15 bits per heavy atom. The van der Waals surface area contributed by atoms with Gasteiger partial charge in [0.05, 0.1) is 11.7 Å². The van der Waals surface area contributed by atoms with Crippen molar-refractivity contribution in [1.29, 1.82) is 0 Å². The van der Waals surface area contributed by atoms with E-state index in [1.807, 2.05) is 30.3 Å². The van der Waals surface area contributed by atoms with Gasteiger partial charge >= 0.3 is 0 Å². The van der Waals surface area contributed by atoms with E-state index in [9.17, 15) is 13.2 Å². The molecule has 0 spiro atoms. The minimum atomic E-state index is -4.09. The Balaban J connectivity index is 1.66. The lowest BCUT2D eigenvalue weighted by molar-refractivity contribution is -0.120. The van der Waals surface area contributed by atoms with Gasteiger partial charge in [-0.2, -0.15) is 0 Å². The highest BCUT2D eigenvalue weighted by atomic mass is 32.2. The third-order valence-corrected chi connectivity index (χ3v) is 8.37. The predicted molar refractivity (Wildman–Crippen MR) is 131 cm³/mol. The maximum absolute atomic E-state index is 13.7. The van der Waals surface area contributed by atoms with E-state index < -0.39 is 10.0 Å². The number of sulfonamides is 1. The maximum Gasteiger partial charge on any atom is 0.270 e. The molecule has 0 bridgehead atoms. The van der Waals surface area contributed by atoms with Crippen LogP contribution in [0.25, 0.3) is 0 Å². The third kappa shape index (κ3) is 4.73. The van der Waals surface area contributed by atoms with Crippen LogP contribution in [0.5, 0.6) is 0 Å². The molecule has 0 saturated carbocycles. The second-order valence-electron chi connectivity index (χ2n) is 9.12. The van der Waals surface area contributed by atoms with E-state index in [1.54, 1.807) is 26.0 Å². The second kappa shape index (κ2) is 9.62. The molecule has 7 nitrogen and oxygen atoms in total. The number of hydrogen-bond acceptors (Lipinski definition) is 5. The summed E-state index contributed by atoms with van der Waals surface area (Å²) in [6.07, 6.45) is 2.78. The second-order valence-corrected chi connectivity index (χ2v) is 10.9. The van der Waals surface area contributed by atoms with Crippen molar-refractivity contribution >= 4 is 21.6 Å². The van der Waals surface area contributed by atoms with Crippen molar-refractivity contribution in [3.05, 3.63) is 76.7 Å². The Labute approximate surface area is 201 Å². The molecule has 1 unspecified atom stereocenters. The van der Waals surface area contributed by atoms with Crippen LogP contribution < -0.4 is 9.62 Å². The van der Waals surface area contributed by atoms with Crippen LogP contribution in [0, 0.1) is 13.8 Å². The fourth-order valence-electron chi connectivity index (χ4n) is 4.57. The van der Waals surface area contributed by atoms with Gasteiger partial charge < -0.3 is 9.84 Å². The molecule has 3 aromatic rings. The fourth-order valence-corrected chi connectivity index (χ4v) is 6.29. The predicted octanol–water partition coefficient (Wildman–Crippen LogP) is 4.80. The number of carbonyl (C=O) groups excluding carboxylic acids is 1.